The molecule has 0 amide bonds. The Kier molecular flexibility index (Phi) is 7.45. The lowest BCUT2D eigenvalue weighted by molar-refractivity contribution is -0.274. The number of aromatic nitrogens is 1. The second-order valence-corrected chi connectivity index (χ2v) is 9.95. The number of aromatic carboxylic acids is 1. The molecule has 4 N–H and O–H groups in total. The lowest BCUT2D eigenvalue weighted by Crippen LogP contribution is -2.59. The van der Waals surface area contributed by atoms with E-state index >= 15 is 8.78 Å². The molecule has 0 spiro atoms. The molecule has 1 aromatic heterocycles. The van der Waals surface area contributed by atoms with Gasteiger partial charge in [0.05, 0.1) is 22.7 Å². The van der Waals surface area contributed by atoms with Crippen LogP contribution in [0.25, 0.3) is 10.9 Å². The third kappa shape index (κ3) is 5.13. The Morgan fingerprint density at radius 3 is 2.41 bits per heavy atom. The van der Waals surface area contributed by atoms with Crippen molar-refractivity contribution in [2.45, 2.75) is 57.8 Å². The number of pyridine rings is 1. The molecule has 1 saturated heterocycles. The van der Waals surface area contributed by atoms with Gasteiger partial charge in [-0.2, -0.15) is 4.89 Å². The van der Waals surface area contributed by atoms with Gasteiger partial charge in [-0.3, -0.25) is 9.69 Å². The summed E-state index contributed by atoms with van der Waals surface area (Å²) in [6.07, 6.45) is 1.62. The second kappa shape index (κ2) is 10.3. The molecule has 1 aromatic carbocycles. The average Bonchev–Trinajstić information content (AvgIpc) is 3.65. The van der Waals surface area contributed by atoms with Crippen molar-refractivity contribution in [3.63, 3.8) is 0 Å². The fourth-order valence-corrected chi connectivity index (χ4v) is 5.03. The number of anilines is 2. The molecule has 0 radical (unpaired) electrons. The molecule has 0 bridgehead atoms. The molecule has 3 atom stereocenters. The fourth-order valence-electron chi connectivity index (χ4n) is 5.03. The summed E-state index contributed by atoms with van der Waals surface area (Å²) >= 11 is 0. The summed E-state index contributed by atoms with van der Waals surface area (Å²) in [5, 5.41) is 19.4. The number of β-amino-alcohol motifs (C(OH)–C–C–N with tert-alkyl or cyclic N) is 1. The standard InChI is InChI=1S/C25H32F2N4O6/c1-12(2)37-36-11-16(32)9-30-13(3)7-29(8-14(30)4)23-19(26)21(28)18-22(20(23)27)31(15-5-6-15)10-17(24(18)33)25(34)35/h10,13-16,32H,1,5-9,11,28H2,2-4H3,(H,34,35). The van der Waals surface area contributed by atoms with Gasteiger partial charge in [0.25, 0.3) is 0 Å². The SMILES string of the molecule is C=C(C)OOCC(O)CN1C(C)CN(c2c(F)c(N)c3c(=O)c(C(=O)O)cn(C4CC4)c3c2F)CC1C. The number of carboxylic acids is 1. The predicted molar refractivity (Wildman–Crippen MR) is 133 cm³/mol. The maximum absolute atomic E-state index is 16.1. The minimum absolute atomic E-state index is 0.0754. The van der Waals surface area contributed by atoms with Crippen molar-refractivity contribution in [1.82, 2.24) is 9.47 Å². The molecule has 4 rings (SSSR count). The number of rotatable bonds is 9. The first kappa shape index (κ1) is 26.8. The van der Waals surface area contributed by atoms with Crippen molar-refractivity contribution in [3.05, 3.63) is 46.0 Å². The van der Waals surface area contributed by atoms with Crippen LogP contribution in [-0.4, -0.2) is 70.1 Å². The van der Waals surface area contributed by atoms with Gasteiger partial charge in [-0.15, -0.1) is 0 Å². The Labute approximate surface area is 212 Å². The fraction of sp³-hybridized carbons (Fsp3) is 0.520. The normalized spacial score (nSPS) is 21.3. The molecule has 1 aliphatic heterocycles. The number of piperazine rings is 1. The molecule has 3 unspecified atom stereocenters. The number of hydrogen-bond donors (Lipinski definition) is 3. The number of nitrogens with zero attached hydrogens (tertiary/aromatic N) is 3. The summed E-state index contributed by atoms with van der Waals surface area (Å²) in [4.78, 5) is 37.8. The third-order valence-corrected chi connectivity index (χ3v) is 6.84. The number of nitrogen functional groups attached to an aromatic ring is 1. The van der Waals surface area contributed by atoms with Gasteiger partial charge >= 0.3 is 5.97 Å². The topological polar surface area (TPSA) is 130 Å². The molecule has 2 aliphatic rings. The van der Waals surface area contributed by atoms with E-state index in [1.54, 1.807) is 11.8 Å². The highest BCUT2D eigenvalue weighted by Gasteiger charge is 2.37. The number of fused-ring (bicyclic) bond motifs is 1. The van der Waals surface area contributed by atoms with Gasteiger partial charge in [-0.25, -0.2) is 13.6 Å². The van der Waals surface area contributed by atoms with Gasteiger partial charge in [-0.1, -0.05) is 6.58 Å². The number of hydrogen-bond acceptors (Lipinski definition) is 8. The van der Waals surface area contributed by atoms with Crippen molar-refractivity contribution in [2.75, 3.05) is 36.9 Å². The first-order chi connectivity index (χ1) is 17.4. The number of carbonyl (C=O) groups is 1. The van der Waals surface area contributed by atoms with Crippen LogP contribution in [0, 0.1) is 11.6 Å². The van der Waals surface area contributed by atoms with Crippen LogP contribution in [0.5, 0.6) is 0 Å². The van der Waals surface area contributed by atoms with Crippen molar-refractivity contribution in [1.29, 1.82) is 0 Å². The van der Waals surface area contributed by atoms with Crippen molar-refractivity contribution in [2.24, 2.45) is 0 Å². The second-order valence-electron chi connectivity index (χ2n) is 9.95. The predicted octanol–water partition coefficient (Wildman–Crippen LogP) is 2.64. The van der Waals surface area contributed by atoms with E-state index < -0.39 is 45.8 Å². The first-order valence-electron chi connectivity index (χ1n) is 12.1. The van der Waals surface area contributed by atoms with Gasteiger partial charge in [0.1, 0.15) is 23.6 Å². The van der Waals surface area contributed by atoms with Crippen molar-refractivity contribution >= 4 is 28.2 Å². The molecule has 1 aliphatic carbocycles. The number of aliphatic hydroxyl groups is 1. The van der Waals surface area contributed by atoms with Crippen LogP contribution in [0.4, 0.5) is 20.2 Å². The highest BCUT2D eigenvalue weighted by molar-refractivity contribution is 5.99. The number of carboxylic acid groups (broad SMARTS) is 1. The molecule has 202 valence electrons. The maximum Gasteiger partial charge on any atom is 0.341 e. The van der Waals surface area contributed by atoms with Crippen LogP contribution in [0.3, 0.4) is 0 Å². The minimum Gasteiger partial charge on any atom is -0.477 e. The van der Waals surface area contributed by atoms with E-state index in [0.717, 1.165) is 6.20 Å². The van der Waals surface area contributed by atoms with Crippen LogP contribution in [0.1, 0.15) is 50.0 Å². The van der Waals surface area contributed by atoms with E-state index in [4.69, 9.17) is 15.5 Å². The van der Waals surface area contributed by atoms with E-state index in [0.29, 0.717) is 18.6 Å². The Morgan fingerprint density at radius 1 is 1.24 bits per heavy atom. The first-order valence-corrected chi connectivity index (χ1v) is 12.1. The molecule has 1 saturated carbocycles. The van der Waals surface area contributed by atoms with Crippen LogP contribution < -0.4 is 16.1 Å². The summed E-state index contributed by atoms with van der Waals surface area (Å²) in [5.41, 5.74) is 3.34. The zero-order chi connectivity index (χ0) is 27.2. The third-order valence-electron chi connectivity index (χ3n) is 6.84. The molecule has 37 heavy (non-hydrogen) atoms. The van der Waals surface area contributed by atoms with Crippen LogP contribution in [0.15, 0.2) is 23.3 Å². The summed E-state index contributed by atoms with van der Waals surface area (Å²) in [5.74, 6) is -3.17. The average molecular weight is 523 g/mol. The Morgan fingerprint density at radius 2 is 1.86 bits per heavy atom. The van der Waals surface area contributed by atoms with Gasteiger partial charge in [-0.05, 0) is 33.6 Å². The van der Waals surface area contributed by atoms with E-state index in [1.807, 2.05) is 18.7 Å². The maximum atomic E-state index is 16.1. The Bertz CT molecular complexity index is 1280. The summed E-state index contributed by atoms with van der Waals surface area (Å²) in [6, 6.07) is -0.618. The summed E-state index contributed by atoms with van der Waals surface area (Å²) in [7, 11) is 0. The number of allylic oxidation sites excluding steroid dienone is 1. The van der Waals surface area contributed by atoms with Gasteiger partial charge < -0.3 is 30.3 Å². The molecule has 12 heteroatoms. The Balaban J connectivity index is 1.67. The zero-order valence-electron chi connectivity index (χ0n) is 21.0. The molecule has 2 aromatic rings. The van der Waals surface area contributed by atoms with E-state index in [2.05, 4.69) is 6.58 Å². The quantitative estimate of drug-likeness (QED) is 0.197. The number of halogens is 2. The van der Waals surface area contributed by atoms with Crippen molar-refractivity contribution in [3.8, 4) is 0 Å². The Hall–Kier alpha value is -3.22. The summed E-state index contributed by atoms with van der Waals surface area (Å²) in [6.45, 7) is 9.53. The monoisotopic (exact) mass is 522 g/mol. The highest BCUT2D eigenvalue weighted by Crippen LogP contribution is 2.42. The molecule has 10 nitrogen and oxygen atoms in total. The molecular weight excluding hydrogens is 490 g/mol. The van der Waals surface area contributed by atoms with Crippen molar-refractivity contribution < 1.29 is 33.6 Å². The van der Waals surface area contributed by atoms with Gasteiger partial charge in [0.2, 0.25) is 5.43 Å². The molecular formula is C25H32F2N4O6. The smallest absolute Gasteiger partial charge is 0.341 e. The lowest BCUT2D eigenvalue weighted by atomic mass is 10.0. The number of nitrogens with two attached hydrogens (primary N) is 1. The van der Waals surface area contributed by atoms with Crippen LogP contribution in [0.2, 0.25) is 0 Å². The van der Waals surface area contributed by atoms with Gasteiger partial charge in [0, 0.05) is 44.0 Å². The minimum atomic E-state index is -1.48. The number of aliphatic hydroxyl groups excluding tert-OH is 1. The van der Waals surface area contributed by atoms with E-state index in [-0.39, 0.29) is 55.6 Å². The van der Waals surface area contributed by atoms with Crippen LogP contribution in [-0.2, 0) is 9.78 Å². The largest absolute Gasteiger partial charge is 0.477 e. The lowest BCUT2D eigenvalue weighted by Gasteiger charge is -2.46. The summed E-state index contributed by atoms with van der Waals surface area (Å²) < 4.78 is 33.1. The highest BCUT2D eigenvalue weighted by atomic mass is 19.1. The zero-order valence-corrected chi connectivity index (χ0v) is 21.0. The number of benzene rings is 1. The van der Waals surface area contributed by atoms with E-state index in [9.17, 15) is 19.8 Å². The van der Waals surface area contributed by atoms with E-state index in [1.165, 1.54) is 4.57 Å². The van der Waals surface area contributed by atoms with Crippen LogP contribution >= 0.6 is 0 Å². The molecule has 2 heterocycles. The molecule has 2 fully saturated rings. The van der Waals surface area contributed by atoms with Gasteiger partial charge in [0.15, 0.2) is 11.6 Å².